The molecule has 0 spiro atoms. The van der Waals surface area contributed by atoms with E-state index in [4.69, 9.17) is 0 Å². The fourth-order valence-corrected chi connectivity index (χ4v) is 3.86. The van der Waals surface area contributed by atoms with Gasteiger partial charge in [-0.15, -0.1) is 0 Å². The lowest BCUT2D eigenvalue weighted by Crippen LogP contribution is -2.63. The van der Waals surface area contributed by atoms with Crippen LogP contribution in [0.5, 0.6) is 0 Å². The van der Waals surface area contributed by atoms with Gasteiger partial charge in [0.05, 0.1) is 0 Å². The lowest BCUT2D eigenvalue weighted by Gasteiger charge is -2.41. The summed E-state index contributed by atoms with van der Waals surface area (Å²) in [6.45, 7) is 9.04. The fourth-order valence-electron chi connectivity index (χ4n) is 3.86. The minimum absolute atomic E-state index is 0.0175. The van der Waals surface area contributed by atoms with Crippen LogP contribution in [-0.4, -0.2) is 35.3 Å². The van der Waals surface area contributed by atoms with Gasteiger partial charge in [0.2, 0.25) is 11.8 Å². The molecule has 4 heteroatoms. The van der Waals surface area contributed by atoms with Crippen molar-refractivity contribution < 1.29 is 9.59 Å². The standard InChI is InChI=1S/C21H30N2O2/c1-13(2)10-19-20(24)22-18(14(3)4)12-23(19)21(25)17-11-16(17)15-8-6-5-7-9-15/h5-9,13-14,16-19H,10-12H2,1-4H3,(H,22,24)/t16-,17+,18+,19-/m0/s1. The molecule has 1 saturated heterocycles. The van der Waals surface area contributed by atoms with Crippen molar-refractivity contribution in [3.8, 4) is 0 Å². The Kier molecular flexibility index (Phi) is 5.16. The summed E-state index contributed by atoms with van der Waals surface area (Å²) >= 11 is 0. The molecule has 2 aliphatic rings. The van der Waals surface area contributed by atoms with E-state index in [-0.39, 0.29) is 29.8 Å². The van der Waals surface area contributed by atoms with Crippen molar-refractivity contribution in [1.82, 2.24) is 10.2 Å². The lowest BCUT2D eigenvalue weighted by molar-refractivity contribution is -0.147. The van der Waals surface area contributed by atoms with Crippen molar-refractivity contribution in [2.45, 2.75) is 58.5 Å². The van der Waals surface area contributed by atoms with Gasteiger partial charge in [0.15, 0.2) is 0 Å². The van der Waals surface area contributed by atoms with Crippen LogP contribution >= 0.6 is 0 Å². The first-order chi connectivity index (χ1) is 11.9. The Morgan fingerprint density at radius 3 is 2.48 bits per heavy atom. The Bertz CT molecular complexity index is 626. The molecule has 1 N–H and O–H groups in total. The van der Waals surface area contributed by atoms with Crippen molar-refractivity contribution in [2.75, 3.05) is 6.54 Å². The van der Waals surface area contributed by atoms with Crippen LogP contribution in [0, 0.1) is 17.8 Å². The minimum atomic E-state index is -0.320. The van der Waals surface area contributed by atoms with Crippen LogP contribution in [0.4, 0.5) is 0 Å². The predicted molar refractivity (Wildman–Crippen MR) is 99.0 cm³/mol. The van der Waals surface area contributed by atoms with E-state index in [1.807, 2.05) is 23.1 Å². The molecule has 4 nitrogen and oxygen atoms in total. The molecule has 0 radical (unpaired) electrons. The number of carbonyl (C=O) groups is 2. The summed E-state index contributed by atoms with van der Waals surface area (Å²) in [6.07, 6.45) is 1.63. The molecule has 0 bridgehead atoms. The van der Waals surface area contributed by atoms with Crippen LogP contribution in [0.3, 0.4) is 0 Å². The summed E-state index contributed by atoms with van der Waals surface area (Å²) in [4.78, 5) is 27.7. The maximum atomic E-state index is 13.2. The van der Waals surface area contributed by atoms with E-state index >= 15 is 0 Å². The molecule has 2 amide bonds. The zero-order chi connectivity index (χ0) is 18.1. The topological polar surface area (TPSA) is 49.4 Å². The van der Waals surface area contributed by atoms with Gasteiger partial charge in [0, 0.05) is 18.5 Å². The number of rotatable bonds is 5. The summed E-state index contributed by atoms with van der Waals surface area (Å²) in [6, 6.07) is 9.99. The SMILES string of the molecule is CC(C)C[C@H]1C(=O)N[C@@H](C(C)C)CN1C(=O)[C@@H]1C[C@H]1c1ccccc1. The smallest absolute Gasteiger partial charge is 0.243 e. The Morgan fingerprint density at radius 1 is 1.20 bits per heavy atom. The van der Waals surface area contributed by atoms with E-state index < -0.39 is 0 Å². The molecule has 1 aliphatic heterocycles. The van der Waals surface area contributed by atoms with Gasteiger partial charge in [-0.25, -0.2) is 0 Å². The molecule has 25 heavy (non-hydrogen) atoms. The first-order valence-electron chi connectivity index (χ1n) is 9.54. The molecule has 136 valence electrons. The van der Waals surface area contributed by atoms with E-state index in [0.29, 0.717) is 24.3 Å². The summed E-state index contributed by atoms with van der Waals surface area (Å²) in [5.74, 6) is 1.24. The zero-order valence-corrected chi connectivity index (χ0v) is 15.7. The molecular weight excluding hydrogens is 312 g/mol. The molecule has 0 unspecified atom stereocenters. The van der Waals surface area contributed by atoms with Gasteiger partial charge in [0.25, 0.3) is 0 Å². The second kappa shape index (κ2) is 7.19. The fraction of sp³-hybridized carbons (Fsp3) is 0.619. The average molecular weight is 342 g/mol. The van der Waals surface area contributed by atoms with Gasteiger partial charge in [-0.1, -0.05) is 58.0 Å². The second-order valence-corrected chi connectivity index (χ2v) is 8.35. The zero-order valence-electron chi connectivity index (χ0n) is 15.7. The van der Waals surface area contributed by atoms with Gasteiger partial charge < -0.3 is 10.2 Å². The lowest BCUT2D eigenvalue weighted by atomic mass is 9.93. The van der Waals surface area contributed by atoms with E-state index in [0.717, 1.165) is 12.8 Å². The molecule has 3 rings (SSSR count). The quantitative estimate of drug-likeness (QED) is 0.893. The molecule has 1 aliphatic carbocycles. The van der Waals surface area contributed by atoms with Gasteiger partial charge in [-0.05, 0) is 36.2 Å². The highest BCUT2D eigenvalue weighted by Crippen LogP contribution is 2.48. The Balaban J connectivity index is 1.76. The summed E-state index contributed by atoms with van der Waals surface area (Å²) in [7, 11) is 0. The molecular formula is C21H30N2O2. The van der Waals surface area contributed by atoms with Gasteiger partial charge in [0.1, 0.15) is 6.04 Å². The number of benzene rings is 1. The van der Waals surface area contributed by atoms with Crippen LogP contribution in [-0.2, 0) is 9.59 Å². The van der Waals surface area contributed by atoms with Gasteiger partial charge in [-0.2, -0.15) is 0 Å². The van der Waals surface area contributed by atoms with Crippen LogP contribution in [0.25, 0.3) is 0 Å². The van der Waals surface area contributed by atoms with E-state index in [1.54, 1.807) is 0 Å². The van der Waals surface area contributed by atoms with E-state index in [1.165, 1.54) is 5.56 Å². The Hall–Kier alpha value is -1.84. The molecule has 1 aromatic rings. The van der Waals surface area contributed by atoms with Crippen molar-refractivity contribution in [3.63, 3.8) is 0 Å². The third-order valence-electron chi connectivity index (χ3n) is 5.52. The molecule has 1 saturated carbocycles. The molecule has 1 heterocycles. The van der Waals surface area contributed by atoms with Gasteiger partial charge >= 0.3 is 0 Å². The number of amides is 2. The van der Waals surface area contributed by atoms with E-state index in [9.17, 15) is 9.59 Å². The molecule has 0 aromatic heterocycles. The Labute approximate surface area is 151 Å². The number of nitrogens with zero attached hydrogens (tertiary/aromatic N) is 1. The first kappa shape index (κ1) is 18.0. The third kappa shape index (κ3) is 3.88. The average Bonchev–Trinajstić information content (AvgIpc) is 3.37. The number of hydrogen-bond acceptors (Lipinski definition) is 2. The maximum Gasteiger partial charge on any atom is 0.243 e. The number of nitrogens with one attached hydrogen (secondary N) is 1. The molecule has 2 fully saturated rings. The normalized spacial score (nSPS) is 29.0. The predicted octanol–water partition coefficient (Wildman–Crippen LogP) is 3.19. The number of hydrogen-bond donors (Lipinski definition) is 1. The van der Waals surface area contributed by atoms with Crippen LogP contribution in [0.15, 0.2) is 30.3 Å². The largest absolute Gasteiger partial charge is 0.350 e. The van der Waals surface area contributed by atoms with Crippen molar-refractivity contribution in [1.29, 1.82) is 0 Å². The highest BCUT2D eigenvalue weighted by molar-refractivity contribution is 5.91. The third-order valence-corrected chi connectivity index (χ3v) is 5.52. The molecule has 4 atom stereocenters. The first-order valence-corrected chi connectivity index (χ1v) is 9.54. The minimum Gasteiger partial charge on any atom is -0.350 e. The summed E-state index contributed by atoms with van der Waals surface area (Å²) in [5, 5.41) is 3.13. The monoisotopic (exact) mass is 342 g/mol. The van der Waals surface area contributed by atoms with Crippen LogP contribution in [0.1, 0.15) is 52.0 Å². The number of carbonyl (C=O) groups excluding carboxylic acids is 2. The Morgan fingerprint density at radius 2 is 1.88 bits per heavy atom. The van der Waals surface area contributed by atoms with Crippen molar-refractivity contribution >= 4 is 11.8 Å². The maximum absolute atomic E-state index is 13.2. The van der Waals surface area contributed by atoms with Crippen molar-refractivity contribution in [3.05, 3.63) is 35.9 Å². The van der Waals surface area contributed by atoms with E-state index in [2.05, 4.69) is 45.1 Å². The molecule has 1 aromatic carbocycles. The number of piperazine rings is 1. The highest BCUT2D eigenvalue weighted by atomic mass is 16.2. The van der Waals surface area contributed by atoms with Gasteiger partial charge in [-0.3, -0.25) is 9.59 Å². The highest BCUT2D eigenvalue weighted by Gasteiger charge is 2.49. The summed E-state index contributed by atoms with van der Waals surface area (Å²) < 4.78 is 0. The van der Waals surface area contributed by atoms with Crippen molar-refractivity contribution in [2.24, 2.45) is 17.8 Å². The second-order valence-electron chi connectivity index (χ2n) is 8.35. The van der Waals surface area contributed by atoms with Crippen LogP contribution in [0.2, 0.25) is 0 Å². The van der Waals surface area contributed by atoms with Crippen LogP contribution < -0.4 is 5.32 Å². The summed E-state index contributed by atoms with van der Waals surface area (Å²) in [5.41, 5.74) is 1.24.